The van der Waals surface area contributed by atoms with Crippen LogP contribution in [0.1, 0.15) is 46.0 Å². The maximum absolute atomic E-state index is 5.98. The van der Waals surface area contributed by atoms with Crippen LogP contribution < -0.4 is 10.6 Å². The van der Waals surface area contributed by atoms with Crippen LogP contribution in [0, 0.1) is 5.92 Å². The van der Waals surface area contributed by atoms with Crippen molar-refractivity contribution in [1.82, 2.24) is 10.1 Å². The van der Waals surface area contributed by atoms with Crippen molar-refractivity contribution in [2.45, 2.75) is 40.2 Å². The molecule has 0 aliphatic carbocycles. The number of aromatic nitrogens is 2. The highest BCUT2D eigenvalue weighted by Crippen LogP contribution is 2.19. The van der Waals surface area contributed by atoms with Crippen molar-refractivity contribution in [1.29, 1.82) is 0 Å². The van der Waals surface area contributed by atoms with E-state index in [0.29, 0.717) is 17.8 Å². The second-order valence-corrected chi connectivity index (χ2v) is 4.34. The molecular formula is C11H22N4O. The van der Waals surface area contributed by atoms with Crippen molar-refractivity contribution < 1.29 is 4.52 Å². The van der Waals surface area contributed by atoms with E-state index < -0.39 is 0 Å². The molecule has 0 aliphatic rings. The monoisotopic (exact) mass is 226 g/mol. The average molecular weight is 226 g/mol. The van der Waals surface area contributed by atoms with E-state index in [1.54, 1.807) is 0 Å². The van der Waals surface area contributed by atoms with Gasteiger partial charge in [-0.25, -0.2) is 0 Å². The number of rotatable bonds is 6. The van der Waals surface area contributed by atoms with Gasteiger partial charge in [0.2, 0.25) is 5.89 Å². The second-order valence-electron chi connectivity index (χ2n) is 4.34. The molecule has 1 atom stereocenters. The van der Waals surface area contributed by atoms with Gasteiger partial charge in [0.15, 0.2) is 0 Å². The van der Waals surface area contributed by atoms with E-state index in [1.807, 2.05) is 4.90 Å². The summed E-state index contributed by atoms with van der Waals surface area (Å²) in [5.74, 6) is 1.70. The van der Waals surface area contributed by atoms with E-state index in [2.05, 4.69) is 37.8 Å². The van der Waals surface area contributed by atoms with Crippen molar-refractivity contribution in [3.8, 4) is 0 Å². The van der Waals surface area contributed by atoms with Gasteiger partial charge in [-0.2, -0.15) is 4.98 Å². The fraction of sp³-hybridized carbons (Fsp3) is 0.818. The standard InChI is InChI=1S/C11H22N4O/c1-5-15(6-2)11-13-10(16-14-11)9(12)7-8(3)4/h8-9H,5-7,12H2,1-4H3. The van der Waals surface area contributed by atoms with E-state index in [1.165, 1.54) is 0 Å². The van der Waals surface area contributed by atoms with Crippen LogP contribution in [-0.4, -0.2) is 23.2 Å². The Balaban J connectivity index is 2.70. The smallest absolute Gasteiger partial charge is 0.266 e. The van der Waals surface area contributed by atoms with Gasteiger partial charge < -0.3 is 15.2 Å². The molecule has 0 aliphatic heterocycles. The molecule has 92 valence electrons. The van der Waals surface area contributed by atoms with Crippen LogP contribution >= 0.6 is 0 Å². The lowest BCUT2D eigenvalue weighted by atomic mass is 10.0. The van der Waals surface area contributed by atoms with Gasteiger partial charge in [0.05, 0.1) is 6.04 Å². The third kappa shape index (κ3) is 3.20. The fourth-order valence-corrected chi connectivity index (χ4v) is 1.62. The van der Waals surface area contributed by atoms with Crippen LogP contribution in [0.3, 0.4) is 0 Å². The van der Waals surface area contributed by atoms with Crippen LogP contribution in [-0.2, 0) is 0 Å². The summed E-state index contributed by atoms with van der Waals surface area (Å²) in [5, 5.41) is 3.95. The van der Waals surface area contributed by atoms with Crippen molar-refractivity contribution in [2.75, 3.05) is 18.0 Å². The minimum atomic E-state index is -0.156. The van der Waals surface area contributed by atoms with Gasteiger partial charge in [-0.15, -0.1) is 0 Å². The molecule has 1 heterocycles. The lowest BCUT2D eigenvalue weighted by Crippen LogP contribution is -2.23. The first-order valence-corrected chi connectivity index (χ1v) is 5.92. The highest BCUT2D eigenvalue weighted by Gasteiger charge is 2.17. The molecule has 5 heteroatoms. The number of nitrogens with zero attached hydrogens (tertiary/aromatic N) is 3. The topological polar surface area (TPSA) is 68.2 Å². The number of hydrogen-bond acceptors (Lipinski definition) is 5. The zero-order valence-corrected chi connectivity index (χ0v) is 10.6. The largest absolute Gasteiger partial charge is 0.339 e. The van der Waals surface area contributed by atoms with Crippen LogP contribution in [0.5, 0.6) is 0 Å². The normalized spacial score (nSPS) is 13.1. The number of anilines is 1. The van der Waals surface area contributed by atoms with E-state index >= 15 is 0 Å². The van der Waals surface area contributed by atoms with Crippen LogP contribution in [0.15, 0.2) is 4.52 Å². The first kappa shape index (κ1) is 13.0. The van der Waals surface area contributed by atoms with E-state index in [9.17, 15) is 0 Å². The van der Waals surface area contributed by atoms with E-state index in [4.69, 9.17) is 10.3 Å². The van der Waals surface area contributed by atoms with Gasteiger partial charge >= 0.3 is 0 Å². The second kappa shape index (κ2) is 5.84. The quantitative estimate of drug-likeness (QED) is 0.803. The van der Waals surface area contributed by atoms with Crippen molar-refractivity contribution >= 4 is 5.95 Å². The minimum absolute atomic E-state index is 0.156. The van der Waals surface area contributed by atoms with Crippen molar-refractivity contribution in [3.63, 3.8) is 0 Å². The average Bonchev–Trinajstić information content (AvgIpc) is 2.68. The molecule has 0 spiro atoms. The van der Waals surface area contributed by atoms with Crippen molar-refractivity contribution in [3.05, 3.63) is 5.89 Å². The maximum Gasteiger partial charge on any atom is 0.266 e. The molecule has 1 unspecified atom stereocenters. The summed E-state index contributed by atoms with van der Waals surface area (Å²) < 4.78 is 5.18. The van der Waals surface area contributed by atoms with Crippen molar-refractivity contribution in [2.24, 2.45) is 11.7 Å². The third-order valence-corrected chi connectivity index (χ3v) is 2.52. The van der Waals surface area contributed by atoms with Crippen LogP contribution in [0.4, 0.5) is 5.95 Å². The van der Waals surface area contributed by atoms with Gasteiger partial charge in [-0.3, -0.25) is 0 Å². The molecule has 0 saturated heterocycles. The molecule has 1 aromatic heterocycles. The first-order valence-electron chi connectivity index (χ1n) is 5.92. The van der Waals surface area contributed by atoms with Gasteiger partial charge in [-0.05, 0) is 31.3 Å². The lowest BCUT2D eigenvalue weighted by Gasteiger charge is -2.14. The summed E-state index contributed by atoms with van der Waals surface area (Å²) in [5.41, 5.74) is 5.98. The molecule has 1 aromatic rings. The Morgan fingerprint density at radius 2 is 1.94 bits per heavy atom. The van der Waals surface area contributed by atoms with Gasteiger partial charge in [0.25, 0.3) is 5.95 Å². The van der Waals surface area contributed by atoms with Gasteiger partial charge in [0, 0.05) is 13.1 Å². The summed E-state index contributed by atoms with van der Waals surface area (Å²) in [4.78, 5) is 6.37. The first-order chi connectivity index (χ1) is 7.58. The molecule has 2 N–H and O–H groups in total. The Morgan fingerprint density at radius 3 is 2.44 bits per heavy atom. The summed E-state index contributed by atoms with van der Waals surface area (Å²) in [6.07, 6.45) is 0.861. The summed E-state index contributed by atoms with van der Waals surface area (Å²) >= 11 is 0. The molecule has 0 aromatic carbocycles. The Hall–Kier alpha value is -1.10. The molecule has 0 fully saturated rings. The Bertz CT molecular complexity index is 307. The number of hydrogen-bond donors (Lipinski definition) is 1. The molecule has 0 saturated carbocycles. The minimum Gasteiger partial charge on any atom is -0.339 e. The molecule has 0 radical (unpaired) electrons. The Morgan fingerprint density at radius 1 is 1.31 bits per heavy atom. The predicted octanol–water partition coefficient (Wildman–Crippen LogP) is 1.96. The molecule has 1 rings (SSSR count). The summed E-state index contributed by atoms with van der Waals surface area (Å²) in [6, 6.07) is -0.156. The lowest BCUT2D eigenvalue weighted by molar-refractivity contribution is 0.335. The molecule has 5 nitrogen and oxygen atoms in total. The highest BCUT2D eigenvalue weighted by molar-refractivity contribution is 5.26. The van der Waals surface area contributed by atoms with Gasteiger partial charge in [0.1, 0.15) is 0 Å². The summed E-state index contributed by atoms with van der Waals surface area (Å²) in [6.45, 7) is 10.1. The summed E-state index contributed by atoms with van der Waals surface area (Å²) in [7, 11) is 0. The molecule has 16 heavy (non-hydrogen) atoms. The molecular weight excluding hydrogens is 204 g/mol. The SMILES string of the molecule is CCN(CC)c1noc(C(N)CC(C)C)n1. The Labute approximate surface area is 97.0 Å². The van der Waals surface area contributed by atoms with E-state index in [0.717, 1.165) is 19.5 Å². The van der Waals surface area contributed by atoms with Gasteiger partial charge in [-0.1, -0.05) is 13.8 Å². The number of nitrogens with two attached hydrogens (primary N) is 1. The zero-order chi connectivity index (χ0) is 12.1. The zero-order valence-electron chi connectivity index (χ0n) is 10.6. The molecule has 0 bridgehead atoms. The van der Waals surface area contributed by atoms with Crippen LogP contribution in [0.25, 0.3) is 0 Å². The van der Waals surface area contributed by atoms with E-state index in [-0.39, 0.29) is 6.04 Å². The third-order valence-electron chi connectivity index (χ3n) is 2.52. The Kier molecular flexibility index (Phi) is 4.73. The maximum atomic E-state index is 5.98. The van der Waals surface area contributed by atoms with Crippen LogP contribution in [0.2, 0.25) is 0 Å². The fourth-order valence-electron chi connectivity index (χ4n) is 1.62. The predicted molar refractivity (Wildman–Crippen MR) is 64.2 cm³/mol. The highest BCUT2D eigenvalue weighted by atomic mass is 16.5. The molecule has 0 amide bonds.